The number of phenols is 2. The van der Waals surface area contributed by atoms with Gasteiger partial charge < -0.3 is 40.1 Å². The Morgan fingerprint density at radius 1 is 0.667 bits per heavy atom. The summed E-state index contributed by atoms with van der Waals surface area (Å²) >= 11 is 0. The van der Waals surface area contributed by atoms with Gasteiger partial charge in [-0.2, -0.15) is 0 Å². The van der Waals surface area contributed by atoms with Crippen molar-refractivity contribution in [1.82, 2.24) is 0 Å². The Bertz CT molecular complexity index is 1850. The molecule has 6 aliphatic carbocycles. The van der Waals surface area contributed by atoms with Crippen molar-refractivity contribution in [2.24, 2.45) is 34.5 Å². The monoisotopic (exact) mass is 574 g/mol. The molecule has 8 atom stereocenters. The van der Waals surface area contributed by atoms with E-state index in [0.29, 0.717) is 0 Å². The highest BCUT2D eigenvalue weighted by atomic mass is 16.5. The van der Waals surface area contributed by atoms with Crippen LogP contribution < -0.4 is 9.47 Å². The molecule has 2 spiro atoms. The third-order valence-corrected chi connectivity index (χ3v) is 10.5. The number of ether oxygens (including phenoxy) is 2. The molecule has 0 heterocycles. The molecule has 4 fully saturated rings. The van der Waals surface area contributed by atoms with Crippen molar-refractivity contribution >= 4 is 34.7 Å². The zero-order valence-electron chi connectivity index (χ0n) is 21.9. The Kier molecular flexibility index (Phi) is 4.30. The van der Waals surface area contributed by atoms with Gasteiger partial charge in [-0.25, -0.2) is 0 Å². The van der Waals surface area contributed by atoms with Crippen molar-refractivity contribution < 1.29 is 59.3 Å². The van der Waals surface area contributed by atoms with Crippen LogP contribution in [-0.4, -0.2) is 80.2 Å². The van der Waals surface area contributed by atoms with E-state index in [-0.39, 0.29) is 33.8 Å². The summed E-state index contributed by atoms with van der Waals surface area (Å²) in [6.45, 7) is 0. The van der Waals surface area contributed by atoms with Gasteiger partial charge in [0.15, 0.2) is 23.1 Å². The summed E-state index contributed by atoms with van der Waals surface area (Å²) in [5.41, 5.74) is -6.94. The van der Waals surface area contributed by atoms with E-state index in [4.69, 9.17) is 9.47 Å². The van der Waals surface area contributed by atoms with E-state index >= 15 is 0 Å². The fourth-order valence-corrected chi connectivity index (χ4v) is 9.44. The smallest absolute Gasteiger partial charge is 0.179 e. The van der Waals surface area contributed by atoms with Gasteiger partial charge >= 0.3 is 0 Å². The fraction of sp³-hybridized carbons (Fsp3) is 0.333. The van der Waals surface area contributed by atoms with Crippen LogP contribution >= 0.6 is 0 Å². The first-order valence-electron chi connectivity index (χ1n) is 13.2. The molecule has 0 saturated heterocycles. The van der Waals surface area contributed by atoms with Crippen molar-refractivity contribution in [3.05, 3.63) is 57.7 Å². The lowest BCUT2D eigenvalue weighted by molar-refractivity contribution is -0.142. The Morgan fingerprint density at radius 2 is 1.24 bits per heavy atom. The number of fused-ring (bicyclic) bond motifs is 4. The highest BCUT2D eigenvalue weighted by Gasteiger charge is 2.89. The lowest BCUT2D eigenvalue weighted by atomic mass is 9.46. The van der Waals surface area contributed by atoms with Crippen LogP contribution in [0.5, 0.6) is 23.0 Å². The summed E-state index contributed by atoms with van der Waals surface area (Å²) in [4.78, 5) is 58.3. The summed E-state index contributed by atoms with van der Waals surface area (Å²) in [6.07, 6.45) is -3.49. The van der Waals surface area contributed by atoms with E-state index in [1.165, 1.54) is 20.3 Å². The molecule has 0 unspecified atom stereocenters. The summed E-state index contributed by atoms with van der Waals surface area (Å²) in [6, 6.07) is 4.50. The zero-order valence-corrected chi connectivity index (χ0v) is 21.9. The van der Waals surface area contributed by atoms with Crippen LogP contribution in [0.1, 0.15) is 31.8 Å². The lowest BCUT2D eigenvalue weighted by Crippen LogP contribution is -2.65. The van der Waals surface area contributed by atoms with Crippen molar-refractivity contribution in [2.45, 2.75) is 12.2 Å². The molecule has 6 aliphatic rings. The van der Waals surface area contributed by atoms with Gasteiger partial charge in [0.25, 0.3) is 0 Å². The summed E-state index contributed by atoms with van der Waals surface area (Å²) in [5.74, 6) is -12.9. The van der Waals surface area contributed by atoms with Gasteiger partial charge in [0.2, 0.25) is 0 Å². The maximum atomic E-state index is 14.7. The van der Waals surface area contributed by atoms with Gasteiger partial charge in [-0.1, -0.05) is 0 Å². The normalized spacial score (nSPS) is 36.7. The largest absolute Gasteiger partial charge is 0.508 e. The van der Waals surface area contributed by atoms with Crippen LogP contribution in [0.25, 0.3) is 11.5 Å². The molecule has 2 aromatic rings. The van der Waals surface area contributed by atoms with Crippen molar-refractivity contribution in [2.75, 3.05) is 14.2 Å². The fourth-order valence-electron chi connectivity index (χ4n) is 9.44. The third-order valence-electron chi connectivity index (χ3n) is 10.5. The number of Topliss-reactive ketones (excluding diaryl/α,β-unsaturated/α-hetero) is 4. The van der Waals surface area contributed by atoms with Gasteiger partial charge in [-0.05, 0) is 12.1 Å². The van der Waals surface area contributed by atoms with Gasteiger partial charge in [0, 0.05) is 35.1 Å². The molecule has 0 aliphatic heterocycles. The third kappa shape index (κ3) is 2.14. The van der Waals surface area contributed by atoms with E-state index in [2.05, 4.69) is 0 Å². The number of allylic oxidation sites excluding steroid dienone is 2. The van der Waals surface area contributed by atoms with Crippen molar-refractivity contribution in [3.8, 4) is 23.0 Å². The number of hydrogen-bond acceptors (Lipinski definition) is 12. The number of methoxy groups -OCH3 is 2. The summed E-state index contributed by atoms with van der Waals surface area (Å²) in [7, 11) is 2.48. The molecule has 4 saturated carbocycles. The molecule has 12 heteroatoms. The minimum absolute atomic E-state index is 0.0232. The van der Waals surface area contributed by atoms with Crippen LogP contribution in [0.4, 0.5) is 0 Å². The first kappa shape index (κ1) is 25.1. The number of aliphatic hydroxyl groups excluding tert-OH is 4. The van der Waals surface area contributed by atoms with Gasteiger partial charge in [0.05, 0.1) is 71.4 Å². The number of carbonyl (C=O) groups excluding carboxylic acids is 4. The molecule has 214 valence electrons. The standard InChI is InChI=1S/C30H22O12/c1-41-8-5-10-13(11(32)6-8)22(34)18-26(38)20-23(35)15-16-24(36)19(29(15,18)27(10)39)25(37)17-21(33)9-3-7(31)4-12(42-2)14(9)28(40)30(16,17)20/h3-6,15-16,19-20,23-24,31-36H,1-2H3/t15-,16-,19+,20+,23-,24-,29+,30+/m0/s1. The summed E-state index contributed by atoms with van der Waals surface area (Å²) < 4.78 is 10.5. The molecule has 42 heavy (non-hydrogen) atoms. The van der Waals surface area contributed by atoms with Crippen LogP contribution in [0.2, 0.25) is 0 Å². The second-order valence-electron chi connectivity index (χ2n) is 11.7. The Labute approximate surface area is 235 Å². The van der Waals surface area contributed by atoms with Gasteiger partial charge in [-0.15, -0.1) is 0 Å². The maximum absolute atomic E-state index is 14.7. The molecule has 12 nitrogen and oxygen atoms in total. The average molecular weight is 574 g/mol. The lowest BCUT2D eigenvalue weighted by Gasteiger charge is -2.53. The van der Waals surface area contributed by atoms with E-state index < -0.39 is 104 Å². The molecule has 6 N–H and O–H groups in total. The summed E-state index contributed by atoms with van der Waals surface area (Å²) in [5, 5.41) is 67.8. The first-order valence-corrected chi connectivity index (χ1v) is 13.2. The predicted molar refractivity (Wildman–Crippen MR) is 138 cm³/mol. The molecule has 2 aromatic carbocycles. The molecule has 0 aromatic heterocycles. The number of phenolic OH excluding ortho intramolecular Hbond substituents is 2. The van der Waals surface area contributed by atoms with Crippen molar-refractivity contribution in [3.63, 3.8) is 0 Å². The highest BCUT2D eigenvalue weighted by Crippen LogP contribution is 2.80. The number of aromatic hydroxyl groups is 2. The predicted octanol–water partition coefficient (Wildman–Crippen LogP) is 1.10. The Hall–Kier alpha value is -4.68. The Morgan fingerprint density at radius 3 is 1.81 bits per heavy atom. The van der Waals surface area contributed by atoms with Crippen LogP contribution in [0, 0.1) is 34.5 Å². The maximum Gasteiger partial charge on any atom is 0.179 e. The Balaban J connectivity index is 1.53. The first-order chi connectivity index (χ1) is 19.9. The molecule has 4 bridgehead atoms. The van der Waals surface area contributed by atoms with Crippen molar-refractivity contribution in [1.29, 1.82) is 0 Å². The molecular formula is C30H22O12. The number of benzene rings is 2. The number of rotatable bonds is 2. The average Bonchev–Trinajstić information content (AvgIpc) is 3.31. The van der Waals surface area contributed by atoms with Crippen LogP contribution in [-0.2, 0) is 9.59 Å². The van der Waals surface area contributed by atoms with E-state index in [0.717, 1.165) is 18.2 Å². The molecule has 8 rings (SSSR count). The van der Waals surface area contributed by atoms with E-state index in [9.17, 15) is 49.8 Å². The molecule has 0 radical (unpaired) electrons. The number of carbonyl (C=O) groups is 4. The number of hydrogen-bond donors (Lipinski definition) is 6. The minimum atomic E-state index is -2.32. The van der Waals surface area contributed by atoms with Crippen LogP contribution in [0.3, 0.4) is 0 Å². The van der Waals surface area contributed by atoms with E-state index in [1.54, 1.807) is 0 Å². The number of aliphatic hydroxyl groups is 4. The van der Waals surface area contributed by atoms with Gasteiger partial charge in [-0.3, -0.25) is 19.2 Å². The molecule has 0 amide bonds. The number of ketones is 4. The van der Waals surface area contributed by atoms with Crippen LogP contribution in [0.15, 0.2) is 35.4 Å². The topological polar surface area (TPSA) is 208 Å². The second kappa shape index (κ2) is 7.20. The minimum Gasteiger partial charge on any atom is -0.508 e. The quantitative estimate of drug-likeness (QED) is 0.298. The SMILES string of the molecule is COc1cc(O)c2c(c1)C(=O)[C@@]13C(=C2O)C(=O)[C@H]2[C@@H](O)[C@@H]1[C@H]1[C@H](O)[C@@H]3C(=O)C3=C(O)c4cc(O)cc(OC)c4C(=O)[C@@]312. The van der Waals surface area contributed by atoms with E-state index in [1.807, 2.05) is 0 Å². The molecular weight excluding hydrogens is 552 g/mol. The zero-order chi connectivity index (χ0) is 29.9. The second-order valence-corrected chi connectivity index (χ2v) is 11.7. The van der Waals surface area contributed by atoms with Gasteiger partial charge in [0.1, 0.15) is 34.5 Å². The highest BCUT2D eigenvalue weighted by molar-refractivity contribution is 6.31.